The average molecular weight is 495 g/mol. The lowest BCUT2D eigenvalue weighted by Crippen LogP contribution is -2.16. The molecule has 0 saturated carbocycles. The van der Waals surface area contributed by atoms with Crippen LogP contribution in [0.3, 0.4) is 0 Å². The fourth-order valence-corrected chi connectivity index (χ4v) is 3.31. The molecule has 33 heavy (non-hydrogen) atoms. The fraction of sp³-hybridized carbons (Fsp3) is 0.0435. The van der Waals surface area contributed by atoms with Crippen LogP contribution in [0.5, 0.6) is 17.2 Å². The van der Waals surface area contributed by atoms with Gasteiger partial charge in [0.2, 0.25) is 11.2 Å². The molecule has 0 aliphatic rings. The van der Waals surface area contributed by atoms with Crippen molar-refractivity contribution in [3.63, 3.8) is 0 Å². The molecule has 4 aromatic rings. The number of alkyl halides is 3. The number of benzene rings is 3. The molecule has 1 heterocycles. The number of carbonyl (C=O) groups excluding carboxylic acids is 1. The third kappa shape index (κ3) is 4.67. The summed E-state index contributed by atoms with van der Waals surface area (Å²) in [6.07, 6.45) is -5.06. The number of para-hydroxylation sites is 1. The third-order valence-corrected chi connectivity index (χ3v) is 5.07. The molecule has 0 fully saturated rings. The zero-order valence-corrected chi connectivity index (χ0v) is 17.8. The van der Waals surface area contributed by atoms with Crippen LogP contribution in [0.25, 0.3) is 11.0 Å². The number of halogens is 5. The Balaban J connectivity index is 1.78. The van der Waals surface area contributed by atoms with Crippen molar-refractivity contribution < 1.29 is 31.9 Å². The monoisotopic (exact) mass is 494 g/mol. The molecule has 0 atom stereocenters. The van der Waals surface area contributed by atoms with E-state index in [-0.39, 0.29) is 32.5 Å². The lowest BCUT2D eigenvalue weighted by Gasteiger charge is -2.14. The molecule has 0 bridgehead atoms. The van der Waals surface area contributed by atoms with Gasteiger partial charge in [0.15, 0.2) is 0 Å². The molecule has 0 aliphatic heterocycles. The van der Waals surface area contributed by atoms with Gasteiger partial charge in [0.25, 0.3) is 5.76 Å². The van der Waals surface area contributed by atoms with Gasteiger partial charge < -0.3 is 13.9 Å². The summed E-state index contributed by atoms with van der Waals surface area (Å²) in [5.41, 5.74) is -1.48. The molecule has 4 rings (SSSR count). The molecule has 0 unspecified atom stereocenters. The second-order valence-electron chi connectivity index (χ2n) is 6.65. The smallest absolute Gasteiger partial charge is 0.448 e. The highest BCUT2D eigenvalue weighted by Gasteiger charge is 2.40. The number of fused-ring (bicyclic) bond motifs is 1. The SMILES string of the molecule is O=C(Oc1ccc2c(=O)c(Oc3ccccc3Cl)c(C(F)(F)F)oc2c1)c1ccccc1Cl. The molecule has 10 heteroatoms. The largest absolute Gasteiger partial charge is 0.453 e. The van der Waals surface area contributed by atoms with Crippen molar-refractivity contribution in [2.24, 2.45) is 0 Å². The standard InChI is InChI=1S/C23H11Cl2F3O5/c24-15-6-2-1-5-13(15)22(30)31-12-9-10-14-18(11-12)33-21(23(26,27)28)20(19(14)29)32-17-8-4-3-7-16(17)25/h1-11H. The maximum atomic E-state index is 13.7. The van der Waals surface area contributed by atoms with E-state index in [9.17, 15) is 22.8 Å². The fourth-order valence-electron chi connectivity index (χ4n) is 2.93. The van der Waals surface area contributed by atoms with E-state index in [1.807, 2.05) is 0 Å². The number of hydrogen-bond acceptors (Lipinski definition) is 5. The molecule has 0 amide bonds. The predicted molar refractivity (Wildman–Crippen MR) is 115 cm³/mol. The summed E-state index contributed by atoms with van der Waals surface area (Å²) >= 11 is 11.9. The molecule has 0 saturated heterocycles. The summed E-state index contributed by atoms with van der Waals surface area (Å²) in [6.45, 7) is 0. The molecule has 3 aromatic carbocycles. The van der Waals surface area contributed by atoms with E-state index in [1.165, 1.54) is 36.4 Å². The third-order valence-electron chi connectivity index (χ3n) is 4.43. The summed E-state index contributed by atoms with van der Waals surface area (Å²) in [5.74, 6) is -3.86. The molecular formula is C23H11Cl2F3O5. The normalized spacial score (nSPS) is 11.4. The van der Waals surface area contributed by atoms with Gasteiger partial charge in [0, 0.05) is 6.07 Å². The van der Waals surface area contributed by atoms with Crippen LogP contribution in [0.4, 0.5) is 13.2 Å². The maximum absolute atomic E-state index is 13.7. The molecule has 0 aliphatic carbocycles. The summed E-state index contributed by atoms with van der Waals surface area (Å²) in [6, 6.07) is 15.2. The second-order valence-corrected chi connectivity index (χ2v) is 7.46. The minimum atomic E-state index is -5.06. The van der Waals surface area contributed by atoms with Gasteiger partial charge in [-0.2, -0.15) is 13.2 Å². The first-order valence-electron chi connectivity index (χ1n) is 9.22. The van der Waals surface area contributed by atoms with Gasteiger partial charge in [-0.1, -0.05) is 47.5 Å². The Kier molecular flexibility index (Phi) is 6.05. The van der Waals surface area contributed by atoms with Crippen LogP contribution in [0.2, 0.25) is 10.0 Å². The van der Waals surface area contributed by atoms with Crippen LogP contribution in [0, 0.1) is 0 Å². The van der Waals surface area contributed by atoms with Crippen LogP contribution in [-0.4, -0.2) is 5.97 Å². The van der Waals surface area contributed by atoms with Gasteiger partial charge in [-0.25, -0.2) is 4.79 Å². The van der Waals surface area contributed by atoms with Crippen LogP contribution in [0.15, 0.2) is 75.9 Å². The van der Waals surface area contributed by atoms with Crippen LogP contribution < -0.4 is 14.9 Å². The number of esters is 1. The quantitative estimate of drug-likeness (QED) is 0.223. The van der Waals surface area contributed by atoms with Crippen molar-refractivity contribution in [1.29, 1.82) is 0 Å². The Bertz CT molecular complexity index is 1430. The van der Waals surface area contributed by atoms with E-state index in [0.29, 0.717) is 0 Å². The lowest BCUT2D eigenvalue weighted by molar-refractivity contribution is -0.154. The molecule has 1 aromatic heterocycles. The maximum Gasteiger partial charge on any atom is 0.453 e. The van der Waals surface area contributed by atoms with E-state index in [1.54, 1.807) is 18.2 Å². The van der Waals surface area contributed by atoms with E-state index in [2.05, 4.69) is 0 Å². The number of ether oxygens (including phenoxy) is 2. The van der Waals surface area contributed by atoms with Crippen molar-refractivity contribution in [3.05, 3.63) is 98.3 Å². The van der Waals surface area contributed by atoms with Gasteiger partial charge in [-0.3, -0.25) is 4.79 Å². The molecule has 0 radical (unpaired) electrons. The van der Waals surface area contributed by atoms with Crippen molar-refractivity contribution in [1.82, 2.24) is 0 Å². The first-order valence-corrected chi connectivity index (χ1v) is 9.98. The van der Waals surface area contributed by atoms with E-state index in [0.717, 1.165) is 12.1 Å². The first-order chi connectivity index (χ1) is 15.6. The molecule has 168 valence electrons. The highest BCUT2D eigenvalue weighted by atomic mass is 35.5. The number of carbonyl (C=O) groups is 1. The first kappa shape index (κ1) is 22.7. The Hall–Kier alpha value is -3.49. The van der Waals surface area contributed by atoms with Gasteiger partial charge >= 0.3 is 12.1 Å². The van der Waals surface area contributed by atoms with E-state index in [4.69, 9.17) is 37.1 Å². The van der Waals surface area contributed by atoms with Crippen LogP contribution >= 0.6 is 23.2 Å². The molecular weight excluding hydrogens is 484 g/mol. The van der Waals surface area contributed by atoms with Crippen molar-refractivity contribution in [3.8, 4) is 17.2 Å². The lowest BCUT2D eigenvalue weighted by atomic mass is 10.2. The number of hydrogen-bond donors (Lipinski definition) is 0. The van der Waals surface area contributed by atoms with Crippen molar-refractivity contribution >= 4 is 40.1 Å². The predicted octanol–water partition coefficient (Wildman–Crippen LogP) is 7.13. The summed E-state index contributed by atoms with van der Waals surface area (Å²) < 4.78 is 56.5. The summed E-state index contributed by atoms with van der Waals surface area (Å²) in [4.78, 5) is 25.2. The second kappa shape index (κ2) is 8.80. The van der Waals surface area contributed by atoms with Gasteiger partial charge in [0.1, 0.15) is 17.1 Å². The highest BCUT2D eigenvalue weighted by molar-refractivity contribution is 6.33. The Morgan fingerprint density at radius 1 is 0.909 bits per heavy atom. The molecule has 0 spiro atoms. The van der Waals surface area contributed by atoms with Crippen molar-refractivity contribution in [2.75, 3.05) is 0 Å². The van der Waals surface area contributed by atoms with Gasteiger partial charge in [-0.15, -0.1) is 0 Å². The minimum Gasteiger partial charge on any atom is -0.448 e. The average Bonchev–Trinajstić information content (AvgIpc) is 2.76. The zero-order chi connectivity index (χ0) is 23.8. The van der Waals surface area contributed by atoms with E-state index >= 15 is 0 Å². The summed E-state index contributed by atoms with van der Waals surface area (Å²) in [5, 5.41) is -0.0786. The molecule has 5 nitrogen and oxygen atoms in total. The zero-order valence-electron chi connectivity index (χ0n) is 16.3. The van der Waals surface area contributed by atoms with Crippen molar-refractivity contribution in [2.45, 2.75) is 6.18 Å². The van der Waals surface area contributed by atoms with Gasteiger partial charge in [0.05, 0.1) is 21.0 Å². The topological polar surface area (TPSA) is 65.7 Å². The minimum absolute atomic E-state index is 0.00644. The Morgan fingerprint density at radius 3 is 2.24 bits per heavy atom. The Morgan fingerprint density at radius 2 is 1.58 bits per heavy atom. The number of rotatable bonds is 4. The van der Waals surface area contributed by atoms with Crippen LogP contribution in [0.1, 0.15) is 16.1 Å². The highest BCUT2D eigenvalue weighted by Crippen LogP contribution is 2.39. The summed E-state index contributed by atoms with van der Waals surface area (Å²) in [7, 11) is 0. The van der Waals surface area contributed by atoms with Gasteiger partial charge in [-0.05, 0) is 36.4 Å². The van der Waals surface area contributed by atoms with Crippen LogP contribution in [-0.2, 0) is 6.18 Å². The Labute approximate surface area is 193 Å². The van der Waals surface area contributed by atoms with E-state index < -0.39 is 34.7 Å². The molecule has 0 N–H and O–H groups in total.